The Bertz CT molecular complexity index is 1310. The van der Waals surface area contributed by atoms with Gasteiger partial charge in [-0.15, -0.1) is 0 Å². The largest absolute Gasteiger partial charge is 0.481 e. The lowest BCUT2D eigenvalue weighted by Crippen LogP contribution is -2.54. The Hall–Kier alpha value is -5.07. The minimum absolute atomic E-state index is 0.132. The molecule has 4 amide bonds. The van der Waals surface area contributed by atoms with Crippen molar-refractivity contribution in [3.63, 3.8) is 0 Å². The smallest absolute Gasteiger partial charge is 0.305 e. The quantitative estimate of drug-likeness (QED) is 0.160. The molecule has 0 saturated carbocycles. The molecule has 0 spiro atoms. The first-order valence-electron chi connectivity index (χ1n) is 14.4. The van der Waals surface area contributed by atoms with E-state index in [2.05, 4.69) is 21.3 Å². The summed E-state index contributed by atoms with van der Waals surface area (Å²) in [5.74, 6) is -5.34. The van der Waals surface area contributed by atoms with E-state index in [-0.39, 0.29) is 23.8 Å². The second-order valence-electron chi connectivity index (χ2n) is 10.6. The molecular weight excluding hydrogens is 584 g/mol. The van der Waals surface area contributed by atoms with Gasteiger partial charge in [-0.25, -0.2) is 0 Å². The number of carbonyl (C=O) groups is 7. The minimum Gasteiger partial charge on any atom is -0.481 e. The monoisotopic (exact) mass is 626 g/mol. The molecule has 0 aliphatic carbocycles. The number of benzene rings is 2. The summed E-state index contributed by atoms with van der Waals surface area (Å²) in [4.78, 5) is 82.8. The predicted octanol–water partition coefficient (Wildman–Crippen LogP) is 1.62. The first-order valence-corrected chi connectivity index (χ1v) is 14.4. The van der Waals surface area contributed by atoms with Crippen LogP contribution >= 0.6 is 0 Å². The zero-order valence-electron chi connectivity index (χ0n) is 25.9. The molecule has 0 saturated heterocycles. The normalized spacial score (nSPS) is 11.6. The summed E-state index contributed by atoms with van der Waals surface area (Å²) in [6.07, 6.45) is 1.01. The second kappa shape index (κ2) is 20.0. The summed E-state index contributed by atoms with van der Waals surface area (Å²) in [5.41, 5.74) is 2.30. The van der Waals surface area contributed by atoms with Gasteiger partial charge in [-0.3, -0.25) is 33.6 Å². The number of hydrogen-bond acceptors (Lipinski definition) is 7. The van der Waals surface area contributed by atoms with Crippen molar-refractivity contribution in [3.05, 3.63) is 71.3 Å². The van der Waals surface area contributed by atoms with Crippen LogP contribution in [-0.2, 0) is 35.2 Å². The molecule has 2 aromatic rings. The highest BCUT2D eigenvalue weighted by atomic mass is 16.4. The fraction of sp³-hybridized carbons (Fsp3) is 0.406. The Morgan fingerprint density at radius 1 is 0.778 bits per heavy atom. The summed E-state index contributed by atoms with van der Waals surface area (Å²) >= 11 is 0. The second-order valence-corrected chi connectivity index (χ2v) is 10.6. The fourth-order valence-corrected chi connectivity index (χ4v) is 3.90. The number of ketones is 1. The molecule has 2 aromatic carbocycles. The molecule has 0 bridgehead atoms. The zero-order valence-corrected chi connectivity index (χ0v) is 25.9. The Balaban J connectivity index is 0.00000238. The molecule has 2 atom stereocenters. The number of carboxylic acid groups (broad SMARTS) is 2. The molecule has 0 fully saturated rings. The van der Waals surface area contributed by atoms with E-state index in [0.717, 1.165) is 24.5 Å². The van der Waals surface area contributed by atoms with Crippen LogP contribution in [0.15, 0.2) is 54.6 Å². The van der Waals surface area contributed by atoms with E-state index in [1.165, 1.54) is 0 Å². The van der Waals surface area contributed by atoms with E-state index in [1.807, 2.05) is 37.3 Å². The van der Waals surface area contributed by atoms with Gasteiger partial charge in [0.25, 0.3) is 11.9 Å². The van der Waals surface area contributed by atoms with Crippen molar-refractivity contribution in [3.8, 4) is 0 Å². The summed E-state index contributed by atoms with van der Waals surface area (Å²) in [5, 5.41) is 26.4. The van der Waals surface area contributed by atoms with Crippen LogP contribution in [0, 0.1) is 12.8 Å². The van der Waals surface area contributed by atoms with Crippen LogP contribution in [-0.4, -0.2) is 76.7 Å². The van der Waals surface area contributed by atoms with Crippen LogP contribution in [0.3, 0.4) is 0 Å². The lowest BCUT2D eigenvalue weighted by molar-refractivity contribution is -0.140. The number of nitrogens with one attached hydrogen (secondary N) is 4. The molecule has 45 heavy (non-hydrogen) atoms. The van der Waals surface area contributed by atoms with Crippen molar-refractivity contribution in [1.29, 1.82) is 0 Å². The number of aliphatic carboxylic acids is 2. The molecule has 0 aliphatic rings. The van der Waals surface area contributed by atoms with Gasteiger partial charge in [0.15, 0.2) is 5.78 Å². The van der Waals surface area contributed by atoms with Gasteiger partial charge < -0.3 is 31.5 Å². The maximum atomic E-state index is 12.7. The highest BCUT2D eigenvalue weighted by molar-refractivity contribution is 5.99. The van der Waals surface area contributed by atoms with E-state index in [4.69, 9.17) is 9.90 Å². The van der Waals surface area contributed by atoms with Crippen LogP contribution in [0.25, 0.3) is 0 Å². The molecule has 0 heterocycles. The number of Topliss-reactive ketones (excluding diaryl/α,β-unsaturated/α-hetero) is 1. The standard InChI is InChI=1S/C30H38N4O7.C2H4O2/c1-19(2)27(30(41)31-17-23(35)11-7-10-21-8-5-4-6-9-21)34-25(36)18-32-29(40)24(16-26(37)38)33-28(39)22-14-12-20(3)13-15-22;1-2(3)4/h4-6,8-9,12-15,19,24,27H,7,10-11,16-18H2,1-3H3,(H,31,41)(H,32,40)(H,33,39)(H,34,36)(H,37,38);1H3,(H,3,4)/t24-,27?;/m0./s1. The molecule has 244 valence electrons. The van der Waals surface area contributed by atoms with Gasteiger partial charge in [-0.2, -0.15) is 0 Å². The summed E-state index contributed by atoms with van der Waals surface area (Å²) in [6, 6.07) is 13.9. The fourth-order valence-electron chi connectivity index (χ4n) is 3.90. The average molecular weight is 627 g/mol. The summed E-state index contributed by atoms with van der Waals surface area (Å²) in [6.45, 7) is 5.64. The lowest BCUT2D eigenvalue weighted by atomic mass is 10.0. The summed E-state index contributed by atoms with van der Waals surface area (Å²) in [7, 11) is 0. The molecule has 0 aromatic heterocycles. The Morgan fingerprint density at radius 2 is 1.36 bits per heavy atom. The summed E-state index contributed by atoms with van der Waals surface area (Å²) < 4.78 is 0. The van der Waals surface area contributed by atoms with Crippen LogP contribution in [0.2, 0.25) is 0 Å². The molecule has 1 unspecified atom stereocenters. The van der Waals surface area contributed by atoms with Gasteiger partial charge in [0.1, 0.15) is 12.1 Å². The topological polar surface area (TPSA) is 208 Å². The average Bonchev–Trinajstić information content (AvgIpc) is 2.97. The van der Waals surface area contributed by atoms with Crippen LogP contribution in [0.5, 0.6) is 0 Å². The van der Waals surface area contributed by atoms with Crippen molar-refractivity contribution >= 4 is 41.4 Å². The highest BCUT2D eigenvalue weighted by Gasteiger charge is 2.27. The van der Waals surface area contributed by atoms with Crippen molar-refractivity contribution < 1.29 is 43.8 Å². The van der Waals surface area contributed by atoms with Crippen LogP contribution in [0.1, 0.15) is 61.5 Å². The van der Waals surface area contributed by atoms with E-state index in [1.54, 1.807) is 38.1 Å². The van der Waals surface area contributed by atoms with Gasteiger partial charge >= 0.3 is 5.97 Å². The van der Waals surface area contributed by atoms with Crippen molar-refractivity contribution in [2.45, 2.75) is 65.5 Å². The van der Waals surface area contributed by atoms with Crippen LogP contribution in [0.4, 0.5) is 0 Å². The number of hydrogen-bond donors (Lipinski definition) is 6. The van der Waals surface area contributed by atoms with Gasteiger partial charge in [0.05, 0.1) is 19.5 Å². The van der Waals surface area contributed by atoms with Gasteiger partial charge in [0, 0.05) is 18.9 Å². The zero-order chi connectivity index (χ0) is 33.9. The van der Waals surface area contributed by atoms with Crippen LogP contribution < -0.4 is 21.3 Å². The molecule has 2 rings (SSSR count). The third-order valence-electron chi connectivity index (χ3n) is 6.23. The maximum absolute atomic E-state index is 12.7. The molecule has 0 aliphatic heterocycles. The third kappa shape index (κ3) is 16.4. The number of amides is 4. The van der Waals surface area contributed by atoms with Gasteiger partial charge in [-0.1, -0.05) is 61.9 Å². The maximum Gasteiger partial charge on any atom is 0.305 e. The lowest BCUT2D eigenvalue weighted by Gasteiger charge is -2.22. The van der Waals surface area contributed by atoms with E-state index in [9.17, 15) is 33.9 Å². The Labute approximate surface area is 262 Å². The minimum atomic E-state index is -1.42. The Morgan fingerprint density at radius 3 is 1.91 bits per heavy atom. The Kier molecular flexibility index (Phi) is 16.9. The molecule has 13 nitrogen and oxygen atoms in total. The van der Waals surface area contributed by atoms with Gasteiger partial charge in [-0.05, 0) is 43.4 Å². The predicted molar refractivity (Wildman–Crippen MR) is 165 cm³/mol. The van der Waals surface area contributed by atoms with Gasteiger partial charge in [0.2, 0.25) is 17.7 Å². The SMILES string of the molecule is CC(=O)O.Cc1ccc(C(=O)N[C@@H](CC(=O)O)C(=O)NCC(=O)NC(C(=O)NCC(=O)CCCc2ccccc2)C(C)C)cc1. The van der Waals surface area contributed by atoms with Crippen molar-refractivity contribution in [1.82, 2.24) is 21.3 Å². The van der Waals surface area contributed by atoms with E-state index in [0.29, 0.717) is 12.8 Å². The molecule has 6 N–H and O–H groups in total. The first-order chi connectivity index (χ1) is 21.2. The number of rotatable bonds is 16. The number of carbonyl (C=O) groups excluding carboxylic acids is 5. The first kappa shape index (κ1) is 38.0. The molecule has 0 radical (unpaired) electrons. The van der Waals surface area contributed by atoms with Crippen molar-refractivity contribution in [2.75, 3.05) is 13.1 Å². The number of carboxylic acids is 2. The third-order valence-corrected chi connectivity index (χ3v) is 6.23. The molecule has 13 heteroatoms. The number of aryl methyl sites for hydroxylation is 2. The molecular formula is C32H42N4O9. The highest BCUT2D eigenvalue weighted by Crippen LogP contribution is 2.06. The van der Waals surface area contributed by atoms with E-state index < -0.39 is 60.6 Å². The van der Waals surface area contributed by atoms with E-state index >= 15 is 0 Å². The van der Waals surface area contributed by atoms with Crippen molar-refractivity contribution in [2.24, 2.45) is 5.92 Å².